The Hall–Kier alpha value is -2.70. The molecule has 260 valence electrons. The van der Waals surface area contributed by atoms with Gasteiger partial charge in [0.2, 0.25) is 17.6 Å². The highest BCUT2D eigenvalue weighted by molar-refractivity contribution is 7.92. The van der Waals surface area contributed by atoms with Crippen molar-refractivity contribution in [3.05, 3.63) is 0 Å². The van der Waals surface area contributed by atoms with Gasteiger partial charge >= 0.3 is 6.03 Å². The van der Waals surface area contributed by atoms with Gasteiger partial charge in [0.05, 0.1) is 16.0 Å². The number of carbonyl (C=O) groups excluding carboxylic acids is 5. The molecular weight excluding hydrogens is 610 g/mol. The van der Waals surface area contributed by atoms with Crippen molar-refractivity contribution >= 4 is 39.4 Å². The Morgan fingerprint density at radius 1 is 0.913 bits per heavy atom. The minimum Gasteiger partial charge on any atom is -0.363 e. The molecule has 2 heterocycles. The molecule has 0 radical (unpaired) electrons. The largest absolute Gasteiger partial charge is 0.363 e. The monoisotopic (exact) mass is 665 g/mol. The van der Waals surface area contributed by atoms with Crippen LogP contribution in [0.25, 0.3) is 0 Å². The molecule has 46 heavy (non-hydrogen) atoms. The van der Waals surface area contributed by atoms with E-state index in [0.717, 1.165) is 25.7 Å². The SMILES string of the molecule is CC1(C)C2CC1N(C(=O)[C@@H](NC(=O)NC1(CS(=O)(=O)C(C)(C)C)CCCCC1)C(C)(C)C)[C@@H]2C(=O)NC(C(=O)C(N)=O)C1CCC1. The number of urea groups is 1. The predicted molar refractivity (Wildman–Crippen MR) is 174 cm³/mol. The van der Waals surface area contributed by atoms with Crippen molar-refractivity contribution in [2.75, 3.05) is 5.75 Å². The van der Waals surface area contributed by atoms with Gasteiger partial charge in [0.25, 0.3) is 5.91 Å². The van der Waals surface area contributed by atoms with Crippen LogP contribution in [0, 0.1) is 22.7 Å². The molecule has 0 aromatic heterocycles. The highest BCUT2D eigenvalue weighted by Gasteiger charge is 2.67. The number of nitrogens with two attached hydrogens (primary N) is 1. The van der Waals surface area contributed by atoms with E-state index in [1.165, 1.54) is 0 Å². The molecule has 3 aliphatic carbocycles. The number of rotatable bonds is 10. The van der Waals surface area contributed by atoms with Crippen molar-refractivity contribution in [3.8, 4) is 0 Å². The van der Waals surface area contributed by atoms with E-state index in [1.54, 1.807) is 25.7 Å². The van der Waals surface area contributed by atoms with Gasteiger partial charge in [-0.3, -0.25) is 19.2 Å². The van der Waals surface area contributed by atoms with Crippen LogP contribution in [-0.4, -0.2) is 83.1 Å². The zero-order valence-corrected chi connectivity index (χ0v) is 29.6. The summed E-state index contributed by atoms with van der Waals surface area (Å²) in [5, 5.41) is 8.67. The number of fused-ring (bicyclic) bond motifs is 1. The summed E-state index contributed by atoms with van der Waals surface area (Å²) in [6.07, 6.45) is 6.43. The van der Waals surface area contributed by atoms with E-state index < -0.39 is 73.2 Å². The molecular formula is C33H55N5O7S. The van der Waals surface area contributed by atoms with Crippen LogP contribution in [0.1, 0.15) is 113 Å². The third-order valence-corrected chi connectivity index (χ3v) is 14.1. The fourth-order valence-corrected chi connectivity index (χ4v) is 9.33. The lowest BCUT2D eigenvalue weighted by molar-refractivity contribution is -0.144. The second kappa shape index (κ2) is 12.4. The molecule has 3 unspecified atom stereocenters. The Morgan fingerprint density at radius 3 is 1.96 bits per heavy atom. The van der Waals surface area contributed by atoms with Gasteiger partial charge in [-0.05, 0) is 75.5 Å². The normalized spacial score (nSPS) is 27.0. The lowest BCUT2D eigenvalue weighted by atomic mass is 9.60. The predicted octanol–water partition coefficient (Wildman–Crippen LogP) is 2.58. The fraction of sp³-hybridized carbons (Fsp3) is 0.848. The van der Waals surface area contributed by atoms with Crippen LogP contribution in [0.5, 0.6) is 0 Å². The molecule has 0 aromatic carbocycles. The molecule has 5 fully saturated rings. The molecule has 13 heteroatoms. The molecule has 3 saturated carbocycles. The van der Waals surface area contributed by atoms with Gasteiger partial charge in [0, 0.05) is 6.04 Å². The summed E-state index contributed by atoms with van der Waals surface area (Å²) >= 11 is 0. The summed E-state index contributed by atoms with van der Waals surface area (Å²) in [5.74, 6) is -3.39. The Labute approximate surface area is 274 Å². The maximum atomic E-state index is 14.5. The highest BCUT2D eigenvalue weighted by Crippen LogP contribution is 2.59. The molecule has 2 aliphatic heterocycles. The summed E-state index contributed by atoms with van der Waals surface area (Å²) in [7, 11) is -3.56. The van der Waals surface area contributed by atoms with Crippen molar-refractivity contribution in [1.29, 1.82) is 0 Å². The molecule has 5 rings (SSSR count). The van der Waals surface area contributed by atoms with Crippen LogP contribution >= 0.6 is 0 Å². The van der Waals surface area contributed by atoms with Crippen LogP contribution < -0.4 is 21.7 Å². The molecule has 0 spiro atoms. The number of sulfone groups is 1. The Bertz CT molecular complexity index is 1350. The average Bonchev–Trinajstić information content (AvgIpc) is 3.41. The quantitative estimate of drug-likeness (QED) is 0.258. The smallest absolute Gasteiger partial charge is 0.315 e. The Kier molecular flexibility index (Phi) is 9.74. The van der Waals surface area contributed by atoms with E-state index in [0.29, 0.717) is 32.1 Å². The van der Waals surface area contributed by atoms with Crippen molar-refractivity contribution in [2.45, 2.75) is 148 Å². The van der Waals surface area contributed by atoms with E-state index >= 15 is 0 Å². The Morgan fingerprint density at radius 2 is 1.50 bits per heavy atom. The minimum atomic E-state index is -3.56. The standard InChI is InChI=1S/C33H55N5O7S/c1-30(2,3)25(36-29(43)37-33(15-10-9-11-16-33)18-46(44,45)31(4,5)6)28(42)38-21-17-20(32(21,7)8)23(38)27(41)35-22(19-13-12-14-19)24(39)26(34)40/h19-23,25H,9-18H2,1-8H3,(H2,34,40)(H,35,41)(H2,36,37,43)/t20?,21?,22?,23-,25+/m0/s1. The first-order valence-electron chi connectivity index (χ1n) is 16.8. The summed E-state index contributed by atoms with van der Waals surface area (Å²) in [6, 6.07) is -3.83. The molecule has 5 atom stereocenters. The first kappa shape index (κ1) is 36.1. The van der Waals surface area contributed by atoms with E-state index in [1.807, 2.05) is 34.6 Å². The molecule has 5 aliphatic rings. The first-order valence-corrected chi connectivity index (χ1v) is 18.4. The van der Waals surface area contributed by atoms with E-state index in [4.69, 9.17) is 5.73 Å². The summed E-state index contributed by atoms with van der Waals surface area (Å²) in [4.78, 5) is 68.2. The van der Waals surface area contributed by atoms with Crippen LogP contribution in [0.15, 0.2) is 0 Å². The van der Waals surface area contributed by atoms with E-state index in [9.17, 15) is 32.4 Å². The van der Waals surface area contributed by atoms with Gasteiger partial charge in [-0.1, -0.05) is 60.3 Å². The lowest BCUT2D eigenvalue weighted by Gasteiger charge is -2.45. The number of nitrogens with one attached hydrogen (secondary N) is 3. The maximum Gasteiger partial charge on any atom is 0.315 e. The van der Waals surface area contributed by atoms with Gasteiger partial charge in [-0.15, -0.1) is 0 Å². The summed E-state index contributed by atoms with van der Waals surface area (Å²) in [5.41, 5.74) is 3.22. The number of hydrogen-bond acceptors (Lipinski definition) is 7. The van der Waals surface area contributed by atoms with Gasteiger partial charge < -0.3 is 26.6 Å². The van der Waals surface area contributed by atoms with E-state index in [-0.39, 0.29) is 29.0 Å². The molecule has 0 aromatic rings. The third kappa shape index (κ3) is 6.80. The summed E-state index contributed by atoms with van der Waals surface area (Å²) < 4.78 is 25.6. The zero-order valence-electron chi connectivity index (χ0n) is 28.8. The number of Topliss-reactive ketones (excluding diaryl/α,β-unsaturated/α-hetero) is 1. The minimum absolute atomic E-state index is 0.172. The van der Waals surface area contributed by atoms with Gasteiger partial charge in [0.15, 0.2) is 9.84 Å². The lowest BCUT2D eigenvalue weighted by Crippen LogP contribution is -2.64. The number of carbonyl (C=O) groups is 5. The maximum absolute atomic E-state index is 14.5. The molecule has 5 N–H and O–H groups in total. The Balaban J connectivity index is 1.58. The number of hydrogen-bond donors (Lipinski definition) is 4. The number of ketones is 1. The topological polar surface area (TPSA) is 185 Å². The third-order valence-electron chi connectivity index (χ3n) is 11.3. The zero-order chi connectivity index (χ0) is 34.6. The van der Waals surface area contributed by atoms with Crippen LogP contribution in [-0.2, 0) is 29.0 Å². The molecule has 2 bridgehead atoms. The first-order chi connectivity index (χ1) is 21.0. The van der Waals surface area contributed by atoms with Crippen LogP contribution in [0.2, 0.25) is 0 Å². The van der Waals surface area contributed by atoms with Crippen molar-refractivity contribution in [2.24, 2.45) is 28.4 Å². The van der Waals surface area contributed by atoms with Crippen LogP contribution in [0.4, 0.5) is 4.79 Å². The summed E-state index contributed by atoms with van der Waals surface area (Å²) in [6.45, 7) is 14.5. The van der Waals surface area contributed by atoms with Gasteiger partial charge in [-0.2, -0.15) is 0 Å². The van der Waals surface area contributed by atoms with Gasteiger partial charge in [-0.25, -0.2) is 13.2 Å². The molecule has 5 amide bonds. The second-order valence-electron chi connectivity index (χ2n) is 16.9. The van der Waals surface area contributed by atoms with Crippen molar-refractivity contribution in [1.82, 2.24) is 20.9 Å². The number of amides is 5. The van der Waals surface area contributed by atoms with E-state index in [2.05, 4.69) is 16.0 Å². The van der Waals surface area contributed by atoms with Crippen molar-refractivity contribution < 1.29 is 32.4 Å². The number of nitrogens with zero attached hydrogens (tertiary/aromatic N) is 1. The van der Waals surface area contributed by atoms with Gasteiger partial charge in [0.1, 0.15) is 18.1 Å². The average molecular weight is 666 g/mol. The van der Waals surface area contributed by atoms with Crippen molar-refractivity contribution in [3.63, 3.8) is 0 Å². The van der Waals surface area contributed by atoms with Crippen LogP contribution in [0.3, 0.4) is 0 Å². The molecule has 2 saturated heterocycles. The number of primary amides is 1. The highest BCUT2D eigenvalue weighted by atomic mass is 32.2. The fourth-order valence-electron chi connectivity index (χ4n) is 7.81. The second-order valence-corrected chi connectivity index (χ2v) is 19.6. The molecule has 12 nitrogen and oxygen atoms in total.